The first kappa shape index (κ1) is 5.44. The van der Waals surface area contributed by atoms with Crippen LogP contribution in [-0.4, -0.2) is 9.36 Å². The van der Waals surface area contributed by atoms with Gasteiger partial charge in [0, 0.05) is 0 Å². The van der Waals surface area contributed by atoms with Crippen LogP contribution in [0.3, 0.4) is 0 Å². The Labute approximate surface area is 52.1 Å². The van der Waals surface area contributed by atoms with Crippen molar-refractivity contribution in [3.05, 3.63) is 17.4 Å². The molecule has 2 nitrogen and oxygen atoms in total. The molecule has 0 unspecified atom stereocenters. The lowest BCUT2D eigenvalue weighted by Gasteiger charge is -1.70. The lowest BCUT2D eigenvalue weighted by molar-refractivity contribution is 1.16. The molecule has 0 fully saturated rings. The second-order valence-corrected chi connectivity index (χ2v) is 2.17. The maximum Gasteiger partial charge on any atom is 0.139 e. The standard InChI is InChI=1S/C5H6N2S/c1-3-5-6-4(2)7-8-5/h3H,1H2,2H3. The summed E-state index contributed by atoms with van der Waals surface area (Å²) in [6.07, 6.45) is 1.70. The second-order valence-electron chi connectivity index (χ2n) is 1.38. The first-order valence-corrected chi connectivity index (χ1v) is 3.03. The highest BCUT2D eigenvalue weighted by atomic mass is 32.1. The van der Waals surface area contributed by atoms with Gasteiger partial charge in [0.15, 0.2) is 0 Å². The molecule has 1 rings (SSSR count). The minimum absolute atomic E-state index is 0.824. The summed E-state index contributed by atoms with van der Waals surface area (Å²) in [5.41, 5.74) is 0. The fourth-order valence-electron chi connectivity index (χ4n) is 0.396. The highest BCUT2D eigenvalue weighted by molar-refractivity contribution is 7.06. The quantitative estimate of drug-likeness (QED) is 0.569. The fourth-order valence-corrected chi connectivity index (χ4v) is 0.910. The molecule has 8 heavy (non-hydrogen) atoms. The van der Waals surface area contributed by atoms with Crippen molar-refractivity contribution in [1.29, 1.82) is 0 Å². The van der Waals surface area contributed by atoms with Gasteiger partial charge < -0.3 is 0 Å². The molecule has 0 saturated heterocycles. The van der Waals surface area contributed by atoms with Gasteiger partial charge >= 0.3 is 0 Å². The van der Waals surface area contributed by atoms with Gasteiger partial charge in [0.05, 0.1) is 0 Å². The van der Waals surface area contributed by atoms with E-state index >= 15 is 0 Å². The van der Waals surface area contributed by atoms with Crippen LogP contribution in [0.25, 0.3) is 6.08 Å². The summed E-state index contributed by atoms with van der Waals surface area (Å²) in [6, 6.07) is 0. The van der Waals surface area contributed by atoms with Gasteiger partial charge in [-0.2, -0.15) is 4.37 Å². The molecule has 1 heterocycles. The zero-order valence-corrected chi connectivity index (χ0v) is 5.40. The highest BCUT2D eigenvalue weighted by Gasteiger charge is 1.90. The predicted octanol–water partition coefficient (Wildman–Crippen LogP) is 1.49. The van der Waals surface area contributed by atoms with Gasteiger partial charge in [-0.25, -0.2) is 4.98 Å². The second kappa shape index (κ2) is 2.05. The number of aromatic nitrogens is 2. The van der Waals surface area contributed by atoms with E-state index < -0.39 is 0 Å². The van der Waals surface area contributed by atoms with Gasteiger partial charge in [0.25, 0.3) is 0 Å². The highest BCUT2D eigenvalue weighted by Crippen LogP contribution is 2.03. The molecule has 0 saturated carbocycles. The number of nitrogens with zero attached hydrogens (tertiary/aromatic N) is 2. The van der Waals surface area contributed by atoms with Gasteiger partial charge in [-0.1, -0.05) is 6.58 Å². The average molecular weight is 126 g/mol. The molecule has 0 amide bonds. The molecular formula is C5H6N2S. The minimum Gasteiger partial charge on any atom is -0.220 e. The summed E-state index contributed by atoms with van der Waals surface area (Å²) < 4.78 is 3.95. The summed E-state index contributed by atoms with van der Waals surface area (Å²) in [4.78, 5) is 4.02. The minimum atomic E-state index is 0.824. The van der Waals surface area contributed by atoms with E-state index in [4.69, 9.17) is 0 Å². The fraction of sp³-hybridized carbons (Fsp3) is 0.200. The lowest BCUT2D eigenvalue weighted by Crippen LogP contribution is -1.70. The molecule has 1 aromatic rings. The van der Waals surface area contributed by atoms with Crippen LogP contribution in [0.2, 0.25) is 0 Å². The summed E-state index contributed by atoms with van der Waals surface area (Å²) in [5, 5.41) is 0.891. The van der Waals surface area contributed by atoms with Crippen LogP contribution in [-0.2, 0) is 0 Å². The largest absolute Gasteiger partial charge is 0.220 e. The molecule has 0 aliphatic heterocycles. The summed E-state index contributed by atoms with van der Waals surface area (Å²) in [5.74, 6) is 0.824. The van der Waals surface area contributed by atoms with Crippen LogP contribution in [0.4, 0.5) is 0 Å². The molecule has 42 valence electrons. The van der Waals surface area contributed by atoms with Crippen molar-refractivity contribution in [2.45, 2.75) is 6.92 Å². The molecule has 0 spiro atoms. The van der Waals surface area contributed by atoms with Crippen molar-refractivity contribution in [3.8, 4) is 0 Å². The van der Waals surface area contributed by atoms with Crippen LogP contribution in [0.15, 0.2) is 6.58 Å². The summed E-state index contributed by atoms with van der Waals surface area (Å²) in [7, 11) is 0. The summed E-state index contributed by atoms with van der Waals surface area (Å²) in [6.45, 7) is 5.42. The Bertz CT molecular complexity index is 192. The number of hydrogen-bond acceptors (Lipinski definition) is 3. The summed E-state index contributed by atoms with van der Waals surface area (Å²) >= 11 is 1.37. The number of rotatable bonds is 1. The molecule has 0 bridgehead atoms. The normalized spacial score (nSPS) is 9.12. The first-order chi connectivity index (χ1) is 3.83. The SMILES string of the molecule is C=Cc1nc(C)ns1. The Hall–Kier alpha value is -0.700. The zero-order valence-electron chi connectivity index (χ0n) is 4.59. The lowest BCUT2D eigenvalue weighted by atomic mass is 10.6. The van der Waals surface area contributed by atoms with E-state index in [9.17, 15) is 0 Å². The third-order valence-corrected chi connectivity index (χ3v) is 1.52. The molecule has 0 aliphatic carbocycles. The Balaban J connectivity index is 3.00. The van der Waals surface area contributed by atoms with E-state index in [-0.39, 0.29) is 0 Å². The predicted molar refractivity (Wildman–Crippen MR) is 34.7 cm³/mol. The third kappa shape index (κ3) is 0.924. The van der Waals surface area contributed by atoms with Gasteiger partial charge in [-0.05, 0) is 24.5 Å². The van der Waals surface area contributed by atoms with E-state index in [2.05, 4.69) is 15.9 Å². The topological polar surface area (TPSA) is 25.8 Å². The van der Waals surface area contributed by atoms with E-state index in [0.29, 0.717) is 0 Å². The zero-order chi connectivity index (χ0) is 5.98. The van der Waals surface area contributed by atoms with Crippen molar-refractivity contribution in [2.75, 3.05) is 0 Å². The molecule has 1 aromatic heterocycles. The molecule has 0 aromatic carbocycles. The smallest absolute Gasteiger partial charge is 0.139 e. The number of hydrogen-bond donors (Lipinski definition) is 0. The third-order valence-electron chi connectivity index (χ3n) is 0.718. The van der Waals surface area contributed by atoms with Crippen LogP contribution in [0.1, 0.15) is 10.8 Å². The molecule has 0 aliphatic rings. The van der Waals surface area contributed by atoms with E-state index in [0.717, 1.165) is 10.8 Å². The number of aryl methyl sites for hydroxylation is 1. The molecule has 0 N–H and O–H groups in total. The van der Waals surface area contributed by atoms with Gasteiger partial charge in [-0.3, -0.25) is 0 Å². The van der Waals surface area contributed by atoms with Crippen molar-refractivity contribution >= 4 is 17.6 Å². The van der Waals surface area contributed by atoms with Crippen molar-refractivity contribution in [2.24, 2.45) is 0 Å². The van der Waals surface area contributed by atoms with Gasteiger partial charge in [0.1, 0.15) is 10.8 Å². The van der Waals surface area contributed by atoms with Crippen LogP contribution in [0, 0.1) is 6.92 Å². The maximum atomic E-state index is 4.02. The van der Waals surface area contributed by atoms with Crippen LogP contribution >= 0.6 is 11.5 Å². The Morgan fingerprint density at radius 3 is 2.75 bits per heavy atom. The molecular weight excluding hydrogens is 120 g/mol. The van der Waals surface area contributed by atoms with Crippen molar-refractivity contribution < 1.29 is 0 Å². The van der Waals surface area contributed by atoms with E-state index in [1.807, 2.05) is 6.92 Å². The molecule has 0 radical (unpaired) electrons. The van der Waals surface area contributed by atoms with Crippen molar-refractivity contribution in [1.82, 2.24) is 9.36 Å². The van der Waals surface area contributed by atoms with Crippen LogP contribution in [0.5, 0.6) is 0 Å². The van der Waals surface area contributed by atoms with E-state index in [1.165, 1.54) is 11.5 Å². The average Bonchev–Trinajstić information content (AvgIpc) is 2.14. The Morgan fingerprint density at radius 1 is 1.75 bits per heavy atom. The molecule has 3 heteroatoms. The monoisotopic (exact) mass is 126 g/mol. The maximum absolute atomic E-state index is 4.02. The van der Waals surface area contributed by atoms with Crippen molar-refractivity contribution in [3.63, 3.8) is 0 Å². The van der Waals surface area contributed by atoms with Gasteiger partial charge in [0.2, 0.25) is 0 Å². The van der Waals surface area contributed by atoms with Gasteiger partial charge in [-0.15, -0.1) is 0 Å². The first-order valence-electron chi connectivity index (χ1n) is 2.25. The molecule has 0 atom stereocenters. The van der Waals surface area contributed by atoms with E-state index in [1.54, 1.807) is 6.08 Å². The van der Waals surface area contributed by atoms with Crippen LogP contribution < -0.4 is 0 Å². The Morgan fingerprint density at radius 2 is 2.50 bits per heavy atom. The Kier molecular flexibility index (Phi) is 1.39.